The lowest BCUT2D eigenvalue weighted by atomic mass is 10.4. The Morgan fingerprint density at radius 3 is 2.73 bits per heavy atom. The lowest BCUT2D eigenvalue weighted by Gasteiger charge is -2.10. The quantitative estimate of drug-likeness (QED) is 0.517. The maximum absolute atomic E-state index is 10.7. The Morgan fingerprint density at radius 2 is 2.36 bits per heavy atom. The Kier molecular flexibility index (Phi) is 2.26. The smallest absolute Gasteiger partial charge is 0.247 e. The van der Waals surface area contributed by atoms with E-state index in [1.54, 1.807) is 6.07 Å². The van der Waals surface area contributed by atoms with Gasteiger partial charge in [0.15, 0.2) is 0 Å². The zero-order chi connectivity index (χ0) is 8.43. The summed E-state index contributed by atoms with van der Waals surface area (Å²) >= 11 is 1.50. The standard InChI is InChI=1S/C7H9NO2S/c1-5-7(3-4-11-5)8(10)6(2)9/h3-4,10H,1-2H3. The number of hydrogen-bond donors (Lipinski definition) is 1. The van der Waals surface area contributed by atoms with Gasteiger partial charge < -0.3 is 0 Å². The van der Waals surface area contributed by atoms with Gasteiger partial charge in [0.25, 0.3) is 0 Å². The van der Waals surface area contributed by atoms with Crippen LogP contribution in [0, 0.1) is 6.92 Å². The molecule has 60 valence electrons. The first-order chi connectivity index (χ1) is 5.13. The minimum Gasteiger partial charge on any atom is -0.281 e. The normalized spacial score (nSPS) is 9.73. The number of hydroxylamine groups is 1. The number of hydrogen-bond acceptors (Lipinski definition) is 3. The van der Waals surface area contributed by atoms with E-state index in [0.29, 0.717) is 10.8 Å². The van der Waals surface area contributed by atoms with Gasteiger partial charge in [-0.05, 0) is 18.4 Å². The Labute approximate surface area is 68.8 Å². The van der Waals surface area contributed by atoms with Crippen LogP contribution in [0.3, 0.4) is 0 Å². The van der Waals surface area contributed by atoms with Gasteiger partial charge in [-0.2, -0.15) is 5.06 Å². The maximum Gasteiger partial charge on any atom is 0.247 e. The van der Waals surface area contributed by atoms with Gasteiger partial charge in [0, 0.05) is 11.8 Å². The van der Waals surface area contributed by atoms with Crippen LogP contribution in [0.25, 0.3) is 0 Å². The van der Waals surface area contributed by atoms with Gasteiger partial charge in [0.1, 0.15) is 0 Å². The number of rotatable bonds is 1. The van der Waals surface area contributed by atoms with Gasteiger partial charge >= 0.3 is 0 Å². The molecule has 1 rings (SSSR count). The van der Waals surface area contributed by atoms with E-state index in [9.17, 15) is 4.79 Å². The van der Waals surface area contributed by atoms with Crippen LogP contribution in [0.4, 0.5) is 5.69 Å². The van der Waals surface area contributed by atoms with Gasteiger partial charge in [-0.25, -0.2) is 0 Å². The molecule has 0 saturated carbocycles. The Morgan fingerprint density at radius 1 is 1.73 bits per heavy atom. The number of aryl methyl sites for hydroxylation is 1. The van der Waals surface area contributed by atoms with E-state index >= 15 is 0 Å². The molecule has 0 fully saturated rings. The molecule has 0 radical (unpaired) electrons. The number of nitrogens with zero attached hydrogens (tertiary/aromatic N) is 1. The largest absolute Gasteiger partial charge is 0.281 e. The summed E-state index contributed by atoms with van der Waals surface area (Å²) in [5, 5.41) is 11.6. The van der Waals surface area contributed by atoms with E-state index in [4.69, 9.17) is 5.21 Å². The van der Waals surface area contributed by atoms with Crippen molar-refractivity contribution >= 4 is 22.9 Å². The molecule has 1 N–H and O–H groups in total. The van der Waals surface area contributed by atoms with E-state index in [1.807, 2.05) is 12.3 Å². The molecule has 4 heteroatoms. The summed E-state index contributed by atoms with van der Waals surface area (Å²) in [7, 11) is 0. The molecule has 0 spiro atoms. The highest BCUT2D eigenvalue weighted by molar-refractivity contribution is 7.10. The van der Waals surface area contributed by atoms with Gasteiger partial charge in [-0.1, -0.05) is 0 Å². The third-order valence-electron chi connectivity index (χ3n) is 1.36. The molecule has 0 bridgehead atoms. The fourth-order valence-corrected chi connectivity index (χ4v) is 1.44. The number of carbonyl (C=O) groups excluding carboxylic acids is 1. The second-order valence-corrected chi connectivity index (χ2v) is 3.31. The molecule has 0 aliphatic carbocycles. The van der Waals surface area contributed by atoms with Crippen molar-refractivity contribution in [3.05, 3.63) is 16.3 Å². The minimum atomic E-state index is -0.369. The van der Waals surface area contributed by atoms with Gasteiger partial charge in [0.2, 0.25) is 5.91 Å². The molecular formula is C7H9NO2S. The number of carbonyl (C=O) groups is 1. The Balaban J connectivity index is 2.92. The van der Waals surface area contributed by atoms with Gasteiger partial charge in [0.05, 0.1) is 5.69 Å². The van der Waals surface area contributed by atoms with Crippen molar-refractivity contribution < 1.29 is 10.0 Å². The fraction of sp³-hybridized carbons (Fsp3) is 0.286. The molecule has 1 aromatic rings. The van der Waals surface area contributed by atoms with Crippen LogP contribution in [-0.2, 0) is 4.79 Å². The molecule has 0 aromatic carbocycles. The summed E-state index contributed by atoms with van der Waals surface area (Å²) in [6, 6.07) is 1.71. The van der Waals surface area contributed by atoms with Crippen LogP contribution in [0.2, 0.25) is 0 Å². The third kappa shape index (κ3) is 1.58. The van der Waals surface area contributed by atoms with Crippen molar-refractivity contribution in [1.29, 1.82) is 0 Å². The summed E-state index contributed by atoms with van der Waals surface area (Å²) in [6.45, 7) is 3.17. The van der Waals surface area contributed by atoms with E-state index in [-0.39, 0.29) is 5.91 Å². The highest BCUT2D eigenvalue weighted by Gasteiger charge is 2.10. The number of anilines is 1. The van der Waals surface area contributed by atoms with E-state index < -0.39 is 0 Å². The van der Waals surface area contributed by atoms with Crippen LogP contribution >= 0.6 is 11.3 Å². The Bertz CT molecular complexity index is 269. The number of amides is 1. The maximum atomic E-state index is 10.7. The van der Waals surface area contributed by atoms with Gasteiger partial charge in [-0.15, -0.1) is 11.3 Å². The average molecular weight is 171 g/mol. The van der Waals surface area contributed by atoms with Crippen molar-refractivity contribution in [2.45, 2.75) is 13.8 Å². The molecule has 0 unspecified atom stereocenters. The molecular weight excluding hydrogens is 162 g/mol. The molecule has 0 saturated heterocycles. The Hall–Kier alpha value is -0.870. The molecule has 11 heavy (non-hydrogen) atoms. The zero-order valence-corrected chi connectivity index (χ0v) is 7.18. The topological polar surface area (TPSA) is 40.5 Å². The van der Waals surface area contributed by atoms with Crippen LogP contribution < -0.4 is 5.06 Å². The van der Waals surface area contributed by atoms with Crippen molar-refractivity contribution in [1.82, 2.24) is 0 Å². The first-order valence-corrected chi connectivity index (χ1v) is 4.04. The predicted octanol–water partition coefficient (Wildman–Crippen LogP) is 1.80. The summed E-state index contributed by atoms with van der Waals surface area (Å²) in [4.78, 5) is 11.6. The van der Waals surface area contributed by atoms with Crippen LogP contribution in [0.15, 0.2) is 11.4 Å². The van der Waals surface area contributed by atoms with Crippen LogP contribution in [-0.4, -0.2) is 11.1 Å². The summed E-state index contributed by atoms with van der Waals surface area (Å²) in [5.74, 6) is -0.369. The first-order valence-electron chi connectivity index (χ1n) is 3.16. The highest BCUT2D eigenvalue weighted by atomic mass is 32.1. The number of thiophene rings is 1. The predicted molar refractivity (Wildman–Crippen MR) is 44.0 cm³/mol. The second kappa shape index (κ2) is 3.02. The molecule has 0 aliphatic rings. The lowest BCUT2D eigenvalue weighted by Crippen LogP contribution is -2.23. The lowest BCUT2D eigenvalue weighted by molar-refractivity contribution is -0.121. The van der Waals surface area contributed by atoms with E-state index in [1.165, 1.54) is 18.3 Å². The molecule has 0 aliphatic heterocycles. The zero-order valence-electron chi connectivity index (χ0n) is 6.37. The monoisotopic (exact) mass is 171 g/mol. The minimum absolute atomic E-state index is 0.369. The van der Waals surface area contributed by atoms with E-state index in [0.717, 1.165) is 4.88 Å². The summed E-state index contributed by atoms with van der Waals surface area (Å²) in [5.41, 5.74) is 0.572. The summed E-state index contributed by atoms with van der Waals surface area (Å²) in [6.07, 6.45) is 0. The summed E-state index contributed by atoms with van der Waals surface area (Å²) < 4.78 is 0. The van der Waals surface area contributed by atoms with Crippen molar-refractivity contribution in [2.24, 2.45) is 0 Å². The van der Waals surface area contributed by atoms with Crippen molar-refractivity contribution in [2.75, 3.05) is 5.06 Å². The molecule has 0 atom stereocenters. The molecule has 1 heterocycles. The van der Waals surface area contributed by atoms with Crippen molar-refractivity contribution in [3.8, 4) is 0 Å². The van der Waals surface area contributed by atoms with Crippen LogP contribution in [0.1, 0.15) is 11.8 Å². The fourth-order valence-electron chi connectivity index (χ4n) is 0.768. The molecule has 1 aromatic heterocycles. The SMILES string of the molecule is CC(=O)N(O)c1ccsc1C. The molecule has 1 amide bonds. The molecule has 3 nitrogen and oxygen atoms in total. The van der Waals surface area contributed by atoms with E-state index in [2.05, 4.69) is 0 Å². The third-order valence-corrected chi connectivity index (χ3v) is 2.19. The first kappa shape index (κ1) is 8.23. The van der Waals surface area contributed by atoms with Crippen LogP contribution in [0.5, 0.6) is 0 Å². The average Bonchev–Trinajstić information content (AvgIpc) is 2.33. The highest BCUT2D eigenvalue weighted by Crippen LogP contribution is 2.23. The van der Waals surface area contributed by atoms with Gasteiger partial charge in [-0.3, -0.25) is 10.0 Å². The van der Waals surface area contributed by atoms with Crippen molar-refractivity contribution in [3.63, 3.8) is 0 Å². The second-order valence-electron chi connectivity index (χ2n) is 2.19.